The topological polar surface area (TPSA) is 90.5 Å². The van der Waals surface area contributed by atoms with Crippen molar-refractivity contribution in [2.24, 2.45) is 0 Å². The number of aromatic nitrogens is 2. The van der Waals surface area contributed by atoms with Gasteiger partial charge in [0.15, 0.2) is 0 Å². The van der Waals surface area contributed by atoms with Gasteiger partial charge in [-0.25, -0.2) is 4.98 Å². The van der Waals surface area contributed by atoms with Crippen LogP contribution in [0, 0.1) is 0 Å². The van der Waals surface area contributed by atoms with Gasteiger partial charge in [0.05, 0.1) is 6.54 Å². The number of nitrogens with one attached hydrogen (secondary N) is 2. The van der Waals surface area contributed by atoms with Crippen LogP contribution in [0.4, 0.5) is 11.8 Å². The van der Waals surface area contributed by atoms with Gasteiger partial charge in [0.25, 0.3) is 5.91 Å². The molecule has 2 aliphatic rings. The fraction of sp³-hybridized carbons (Fsp3) is 0.520. The fourth-order valence-corrected chi connectivity index (χ4v) is 4.79. The predicted octanol–water partition coefficient (Wildman–Crippen LogP) is 3.64. The molecule has 1 saturated heterocycles. The number of hydrogen-bond acceptors (Lipinski definition) is 6. The molecule has 0 saturated carbocycles. The highest BCUT2D eigenvalue weighted by Crippen LogP contribution is 2.33. The predicted molar refractivity (Wildman–Crippen MR) is 134 cm³/mol. The molecule has 1 aromatic carbocycles. The lowest BCUT2D eigenvalue weighted by molar-refractivity contribution is -0.119. The molecule has 3 heterocycles. The lowest BCUT2D eigenvalue weighted by Crippen LogP contribution is -2.36. The summed E-state index contributed by atoms with van der Waals surface area (Å²) < 4.78 is 0. The summed E-state index contributed by atoms with van der Waals surface area (Å²) in [5.74, 6) is 1.11. The smallest absolute Gasteiger partial charge is 0.273 e. The molecule has 182 valence electrons. The van der Waals surface area contributed by atoms with Crippen molar-refractivity contribution in [2.45, 2.75) is 71.6 Å². The standard InChI is InChI=1S/C25H33ClN6O2/c1-15(2)32-14-20-21(23(32)34)28-24(31-11-10-19(13-31)27-16(3)33)29-22(20)30-25(4,5)12-17-6-8-18(26)9-7-17/h6-9,15,19H,10-14H2,1-5H3,(H,27,33)(H,28,29,30). The highest BCUT2D eigenvalue weighted by atomic mass is 35.5. The van der Waals surface area contributed by atoms with Crippen molar-refractivity contribution in [1.29, 1.82) is 0 Å². The van der Waals surface area contributed by atoms with E-state index in [0.717, 1.165) is 30.5 Å². The number of nitrogens with zero attached hydrogens (tertiary/aromatic N) is 4. The van der Waals surface area contributed by atoms with Gasteiger partial charge in [0.1, 0.15) is 11.5 Å². The summed E-state index contributed by atoms with van der Waals surface area (Å²) in [4.78, 5) is 38.1. The maximum Gasteiger partial charge on any atom is 0.273 e. The SMILES string of the molecule is CC(=O)NC1CCN(c2nc(NC(C)(C)Cc3ccc(Cl)cc3)c3c(n2)C(=O)N(C(C)C)C3)C1. The zero-order valence-corrected chi connectivity index (χ0v) is 21.2. The van der Waals surface area contributed by atoms with Gasteiger partial charge in [-0.05, 0) is 58.2 Å². The Labute approximate surface area is 206 Å². The minimum Gasteiger partial charge on any atom is -0.364 e. The van der Waals surface area contributed by atoms with E-state index in [9.17, 15) is 9.59 Å². The maximum atomic E-state index is 13.2. The van der Waals surface area contributed by atoms with Crippen LogP contribution >= 0.6 is 11.6 Å². The van der Waals surface area contributed by atoms with Crippen LogP contribution in [0.2, 0.25) is 5.02 Å². The lowest BCUT2D eigenvalue weighted by atomic mass is 9.94. The number of halogens is 1. The third-order valence-corrected chi connectivity index (χ3v) is 6.56. The van der Waals surface area contributed by atoms with Crippen molar-refractivity contribution in [2.75, 3.05) is 23.3 Å². The molecule has 1 fully saturated rings. The second-order valence-corrected chi connectivity index (χ2v) is 10.6. The first-order valence-electron chi connectivity index (χ1n) is 11.8. The molecule has 1 aromatic heterocycles. The second-order valence-electron chi connectivity index (χ2n) is 10.2. The first-order chi connectivity index (χ1) is 16.0. The third-order valence-electron chi connectivity index (χ3n) is 6.31. The maximum absolute atomic E-state index is 13.2. The summed E-state index contributed by atoms with van der Waals surface area (Å²) in [6.07, 6.45) is 1.57. The van der Waals surface area contributed by atoms with Crippen LogP contribution in [0.5, 0.6) is 0 Å². The van der Waals surface area contributed by atoms with Crippen molar-refractivity contribution < 1.29 is 9.59 Å². The average Bonchev–Trinajstić information content (AvgIpc) is 3.34. The van der Waals surface area contributed by atoms with E-state index < -0.39 is 0 Å². The molecule has 9 heteroatoms. The normalized spacial score (nSPS) is 18.0. The van der Waals surface area contributed by atoms with Crippen LogP contribution in [0.25, 0.3) is 0 Å². The van der Waals surface area contributed by atoms with Gasteiger partial charge >= 0.3 is 0 Å². The van der Waals surface area contributed by atoms with E-state index >= 15 is 0 Å². The van der Waals surface area contributed by atoms with Crippen LogP contribution in [0.3, 0.4) is 0 Å². The zero-order valence-electron chi connectivity index (χ0n) is 20.5. The molecule has 0 radical (unpaired) electrons. The van der Waals surface area contributed by atoms with Crippen molar-refractivity contribution in [3.63, 3.8) is 0 Å². The molecule has 0 bridgehead atoms. The van der Waals surface area contributed by atoms with Gasteiger partial charge in [0, 0.05) is 48.2 Å². The van der Waals surface area contributed by atoms with Crippen LogP contribution in [0.1, 0.15) is 62.7 Å². The molecule has 1 atom stereocenters. The summed E-state index contributed by atoms with van der Waals surface area (Å²) in [5, 5.41) is 7.29. The fourth-order valence-electron chi connectivity index (χ4n) is 4.66. The lowest BCUT2D eigenvalue weighted by Gasteiger charge is -2.29. The number of carbonyl (C=O) groups is 2. The molecule has 0 spiro atoms. The Balaban J connectivity index is 1.64. The number of anilines is 2. The first-order valence-corrected chi connectivity index (χ1v) is 12.2. The van der Waals surface area contributed by atoms with Crippen molar-refractivity contribution in [3.8, 4) is 0 Å². The van der Waals surface area contributed by atoms with E-state index in [0.29, 0.717) is 35.6 Å². The Morgan fingerprint density at radius 1 is 1.24 bits per heavy atom. The third kappa shape index (κ3) is 5.27. The minimum atomic E-state index is -0.328. The number of benzene rings is 1. The Kier molecular flexibility index (Phi) is 6.71. The highest BCUT2D eigenvalue weighted by molar-refractivity contribution is 6.30. The van der Waals surface area contributed by atoms with Gasteiger partial charge in [0.2, 0.25) is 11.9 Å². The number of carbonyl (C=O) groups excluding carboxylic acids is 2. The van der Waals surface area contributed by atoms with Gasteiger partial charge in [-0.15, -0.1) is 0 Å². The molecule has 2 aromatic rings. The Morgan fingerprint density at radius 2 is 1.94 bits per heavy atom. The number of amides is 2. The summed E-state index contributed by atoms with van der Waals surface area (Å²) in [5.41, 5.74) is 2.13. The van der Waals surface area contributed by atoms with E-state index in [1.54, 1.807) is 0 Å². The van der Waals surface area contributed by atoms with Crippen molar-refractivity contribution in [3.05, 3.63) is 46.1 Å². The molecule has 2 aliphatic heterocycles. The van der Waals surface area contributed by atoms with Gasteiger partial charge in [-0.1, -0.05) is 23.7 Å². The summed E-state index contributed by atoms with van der Waals surface area (Å²) >= 11 is 6.05. The van der Waals surface area contributed by atoms with E-state index in [1.165, 1.54) is 6.92 Å². The molecule has 34 heavy (non-hydrogen) atoms. The van der Waals surface area contributed by atoms with Crippen LogP contribution in [0.15, 0.2) is 24.3 Å². The molecular formula is C25H33ClN6O2. The van der Waals surface area contributed by atoms with Crippen LogP contribution < -0.4 is 15.5 Å². The van der Waals surface area contributed by atoms with E-state index in [2.05, 4.69) is 24.5 Å². The molecule has 1 unspecified atom stereocenters. The number of fused-ring (bicyclic) bond motifs is 1. The molecule has 2 N–H and O–H groups in total. The van der Waals surface area contributed by atoms with E-state index in [4.69, 9.17) is 21.6 Å². The van der Waals surface area contributed by atoms with Gasteiger partial charge in [-0.2, -0.15) is 4.98 Å². The molecule has 4 rings (SSSR count). The largest absolute Gasteiger partial charge is 0.364 e. The second kappa shape index (κ2) is 9.41. The van der Waals surface area contributed by atoms with Crippen molar-refractivity contribution in [1.82, 2.24) is 20.2 Å². The quantitative estimate of drug-likeness (QED) is 0.623. The van der Waals surface area contributed by atoms with Crippen LogP contribution in [-0.4, -0.2) is 57.4 Å². The molecule has 8 nitrogen and oxygen atoms in total. The molecular weight excluding hydrogens is 452 g/mol. The highest BCUT2D eigenvalue weighted by Gasteiger charge is 2.37. The number of hydrogen-bond donors (Lipinski definition) is 2. The summed E-state index contributed by atoms with van der Waals surface area (Å²) in [7, 11) is 0. The van der Waals surface area contributed by atoms with Crippen molar-refractivity contribution >= 4 is 35.2 Å². The zero-order chi connectivity index (χ0) is 24.6. The van der Waals surface area contributed by atoms with E-state index in [1.807, 2.05) is 47.9 Å². The Bertz CT molecular complexity index is 1090. The molecule has 2 amide bonds. The summed E-state index contributed by atoms with van der Waals surface area (Å²) in [6.45, 7) is 11.6. The van der Waals surface area contributed by atoms with E-state index in [-0.39, 0.29) is 29.4 Å². The average molecular weight is 485 g/mol. The summed E-state index contributed by atoms with van der Waals surface area (Å²) in [6, 6.07) is 7.96. The molecule has 0 aliphatic carbocycles. The van der Waals surface area contributed by atoms with Gasteiger partial charge < -0.3 is 20.4 Å². The number of rotatable bonds is 7. The Hall–Kier alpha value is -2.87. The monoisotopic (exact) mass is 484 g/mol. The minimum absolute atomic E-state index is 0.0456. The first kappa shape index (κ1) is 24.3. The Morgan fingerprint density at radius 3 is 2.59 bits per heavy atom. The van der Waals surface area contributed by atoms with Gasteiger partial charge in [-0.3, -0.25) is 9.59 Å². The van der Waals surface area contributed by atoms with Crippen LogP contribution in [-0.2, 0) is 17.8 Å².